The van der Waals surface area contributed by atoms with Crippen molar-refractivity contribution in [2.75, 3.05) is 26.8 Å². The van der Waals surface area contributed by atoms with Gasteiger partial charge in [-0.3, -0.25) is 9.78 Å². The van der Waals surface area contributed by atoms with Crippen LogP contribution in [0.25, 0.3) is 11.0 Å². The maximum Gasteiger partial charge on any atom is 0.422 e. The number of esters is 1. The second-order valence-corrected chi connectivity index (χ2v) is 8.28. The summed E-state index contributed by atoms with van der Waals surface area (Å²) in [6, 6.07) is 8.14. The monoisotopic (exact) mass is 496 g/mol. The molecule has 0 aliphatic heterocycles. The molecule has 0 aliphatic carbocycles. The number of para-hydroxylation sites is 2. The number of benzene rings is 1. The Labute approximate surface area is 198 Å². The Balaban J connectivity index is 1.82. The van der Waals surface area contributed by atoms with Crippen LogP contribution in [0.5, 0.6) is 5.75 Å². The van der Waals surface area contributed by atoms with E-state index in [1.54, 1.807) is 38.2 Å². The minimum atomic E-state index is -4.45. The summed E-state index contributed by atoms with van der Waals surface area (Å²) in [5.41, 5.74) is 2.20. The number of hydrogen-bond donors (Lipinski definition) is 0. The van der Waals surface area contributed by atoms with Gasteiger partial charge in [0.1, 0.15) is 12.4 Å². The summed E-state index contributed by atoms with van der Waals surface area (Å²) in [5.74, 6) is -0.0878. The molecule has 0 atom stereocenters. The van der Waals surface area contributed by atoms with Gasteiger partial charge >= 0.3 is 18.2 Å². The molecule has 0 saturated heterocycles. The van der Waals surface area contributed by atoms with Crippen molar-refractivity contribution in [2.24, 2.45) is 0 Å². The van der Waals surface area contributed by atoms with E-state index in [1.165, 1.54) is 40.4 Å². The van der Waals surface area contributed by atoms with Crippen LogP contribution in [0.1, 0.15) is 18.2 Å². The van der Waals surface area contributed by atoms with E-state index in [1.807, 2.05) is 0 Å². The summed E-state index contributed by atoms with van der Waals surface area (Å²) in [7, 11) is 1.59. The molecule has 2 heterocycles. The third kappa shape index (κ3) is 6.40. The Morgan fingerprint density at radius 3 is 2.65 bits per heavy atom. The van der Waals surface area contributed by atoms with E-state index < -0.39 is 18.8 Å². The Hall–Kier alpha value is -3.28. The molecule has 3 aromatic rings. The summed E-state index contributed by atoms with van der Waals surface area (Å²) in [6.45, 7) is 1.77. The minimum Gasteiger partial charge on any atom is -0.484 e. The van der Waals surface area contributed by atoms with Gasteiger partial charge in [-0.25, -0.2) is 14.3 Å². The van der Waals surface area contributed by atoms with Gasteiger partial charge < -0.3 is 14.4 Å². The fourth-order valence-electron chi connectivity index (χ4n) is 3.03. The molecule has 0 fully saturated rings. The van der Waals surface area contributed by atoms with Crippen molar-refractivity contribution in [3.63, 3.8) is 0 Å². The smallest absolute Gasteiger partial charge is 0.422 e. The zero-order chi connectivity index (χ0) is 24.9. The van der Waals surface area contributed by atoms with E-state index in [-0.39, 0.29) is 30.7 Å². The normalized spacial score (nSPS) is 11.5. The molecular formula is C22H23F3N4O4S. The first-order chi connectivity index (χ1) is 16.1. The number of rotatable bonds is 8. The van der Waals surface area contributed by atoms with Gasteiger partial charge in [-0.1, -0.05) is 23.9 Å². The number of carbonyl (C=O) groups is 2. The molecule has 0 aliphatic rings. The van der Waals surface area contributed by atoms with E-state index in [0.717, 1.165) is 0 Å². The number of pyridine rings is 1. The average Bonchev–Trinajstić information content (AvgIpc) is 3.14. The maximum absolute atomic E-state index is 13.2. The topological polar surface area (TPSA) is 86.6 Å². The van der Waals surface area contributed by atoms with Gasteiger partial charge in [-0.2, -0.15) is 13.2 Å². The highest BCUT2D eigenvalue weighted by Gasteiger charge is 2.29. The SMILES string of the molecule is CC(=O)OCCN(C)C(=O)n1c(SCc2nccc(OCC(F)(F)F)c2C)nc2ccccc21. The van der Waals surface area contributed by atoms with Crippen LogP contribution in [0.4, 0.5) is 18.0 Å². The zero-order valence-electron chi connectivity index (χ0n) is 18.8. The lowest BCUT2D eigenvalue weighted by molar-refractivity contribution is -0.153. The van der Waals surface area contributed by atoms with Gasteiger partial charge in [0.2, 0.25) is 0 Å². The van der Waals surface area contributed by atoms with Gasteiger partial charge in [0.25, 0.3) is 0 Å². The summed E-state index contributed by atoms with van der Waals surface area (Å²) in [5, 5.41) is 0.397. The zero-order valence-corrected chi connectivity index (χ0v) is 19.6. The number of alkyl halides is 3. The molecule has 0 saturated carbocycles. The van der Waals surface area contributed by atoms with Crippen LogP contribution in [0, 0.1) is 6.92 Å². The lowest BCUT2D eigenvalue weighted by atomic mass is 10.2. The molecule has 182 valence electrons. The molecule has 0 bridgehead atoms. The molecular weight excluding hydrogens is 473 g/mol. The van der Waals surface area contributed by atoms with Crippen LogP contribution in [0.15, 0.2) is 41.7 Å². The van der Waals surface area contributed by atoms with Crippen molar-refractivity contribution in [3.05, 3.63) is 47.8 Å². The number of ether oxygens (including phenoxy) is 2. The van der Waals surface area contributed by atoms with E-state index >= 15 is 0 Å². The van der Waals surface area contributed by atoms with Crippen LogP contribution < -0.4 is 4.74 Å². The van der Waals surface area contributed by atoms with Gasteiger partial charge in [0, 0.05) is 31.5 Å². The Bertz CT molecular complexity index is 1180. The number of halogens is 3. The quantitative estimate of drug-likeness (QED) is 0.337. The van der Waals surface area contributed by atoms with Crippen molar-refractivity contribution < 1.29 is 32.2 Å². The van der Waals surface area contributed by atoms with Crippen molar-refractivity contribution in [1.82, 2.24) is 19.4 Å². The summed E-state index contributed by atoms with van der Waals surface area (Å²) in [6.07, 6.45) is -3.07. The molecule has 0 radical (unpaired) electrons. The first-order valence-corrected chi connectivity index (χ1v) is 11.2. The number of fused-ring (bicyclic) bond motifs is 1. The molecule has 34 heavy (non-hydrogen) atoms. The fourth-order valence-corrected chi connectivity index (χ4v) is 4.06. The van der Waals surface area contributed by atoms with Crippen molar-refractivity contribution >= 4 is 34.8 Å². The third-order valence-corrected chi connectivity index (χ3v) is 5.72. The van der Waals surface area contributed by atoms with Crippen molar-refractivity contribution in [2.45, 2.75) is 30.9 Å². The third-order valence-electron chi connectivity index (χ3n) is 4.77. The molecule has 3 rings (SSSR count). The molecule has 1 amide bonds. The van der Waals surface area contributed by atoms with E-state index in [9.17, 15) is 22.8 Å². The van der Waals surface area contributed by atoms with Crippen LogP contribution in [0.3, 0.4) is 0 Å². The Kier molecular flexibility index (Phi) is 8.02. The number of carbonyl (C=O) groups excluding carboxylic acids is 2. The van der Waals surface area contributed by atoms with Crippen LogP contribution >= 0.6 is 11.8 Å². The molecule has 1 aromatic carbocycles. The second-order valence-electron chi connectivity index (χ2n) is 7.34. The molecule has 0 spiro atoms. The van der Waals surface area contributed by atoms with Crippen LogP contribution in [-0.2, 0) is 15.3 Å². The van der Waals surface area contributed by atoms with Gasteiger partial charge in [-0.05, 0) is 25.1 Å². The molecule has 0 N–H and O–H groups in total. The number of amides is 1. The highest BCUT2D eigenvalue weighted by molar-refractivity contribution is 7.98. The Morgan fingerprint density at radius 1 is 1.21 bits per heavy atom. The average molecular weight is 497 g/mol. The summed E-state index contributed by atoms with van der Waals surface area (Å²) < 4.78 is 48.9. The lowest BCUT2D eigenvalue weighted by Crippen LogP contribution is -2.34. The number of hydrogen-bond acceptors (Lipinski definition) is 7. The first kappa shape index (κ1) is 25.3. The minimum absolute atomic E-state index is 0.0561. The number of thioether (sulfide) groups is 1. The lowest BCUT2D eigenvalue weighted by Gasteiger charge is -2.19. The number of imidazole rings is 1. The largest absolute Gasteiger partial charge is 0.484 e. The molecule has 12 heteroatoms. The van der Waals surface area contributed by atoms with Gasteiger partial charge in [-0.15, -0.1) is 0 Å². The predicted octanol–water partition coefficient (Wildman–Crippen LogP) is 4.44. The van der Waals surface area contributed by atoms with E-state index in [4.69, 9.17) is 9.47 Å². The number of aromatic nitrogens is 3. The second kappa shape index (κ2) is 10.8. The predicted molar refractivity (Wildman–Crippen MR) is 120 cm³/mol. The van der Waals surface area contributed by atoms with Crippen molar-refractivity contribution in [3.8, 4) is 5.75 Å². The maximum atomic E-state index is 13.2. The molecule has 8 nitrogen and oxygen atoms in total. The number of likely N-dealkylation sites (N-methyl/N-ethyl adjacent to an activating group) is 1. The summed E-state index contributed by atoms with van der Waals surface area (Å²) >= 11 is 1.23. The number of nitrogens with zero attached hydrogens (tertiary/aromatic N) is 4. The first-order valence-electron chi connectivity index (χ1n) is 10.2. The van der Waals surface area contributed by atoms with Crippen LogP contribution in [-0.4, -0.2) is 64.4 Å². The molecule has 0 unspecified atom stereocenters. The van der Waals surface area contributed by atoms with E-state index in [0.29, 0.717) is 27.4 Å². The fraction of sp³-hybridized carbons (Fsp3) is 0.364. The molecule has 2 aromatic heterocycles. The van der Waals surface area contributed by atoms with Gasteiger partial charge in [0.05, 0.1) is 23.3 Å². The highest BCUT2D eigenvalue weighted by atomic mass is 32.2. The highest BCUT2D eigenvalue weighted by Crippen LogP contribution is 2.30. The van der Waals surface area contributed by atoms with Crippen molar-refractivity contribution in [1.29, 1.82) is 0 Å². The van der Waals surface area contributed by atoms with Gasteiger partial charge in [0.15, 0.2) is 11.8 Å². The van der Waals surface area contributed by atoms with E-state index in [2.05, 4.69) is 9.97 Å². The standard InChI is InChI=1S/C22H23F3N4O4S/c1-14-17(26-9-8-19(14)33-13-22(23,24)25)12-34-20-27-16-6-4-5-7-18(16)29(20)21(31)28(3)10-11-32-15(2)30/h4-9H,10-13H2,1-3H3. The van der Waals surface area contributed by atoms with Crippen LogP contribution in [0.2, 0.25) is 0 Å². The Morgan fingerprint density at radius 2 is 1.94 bits per heavy atom. The summed E-state index contributed by atoms with van der Waals surface area (Å²) in [4.78, 5) is 34.4.